The fraction of sp³-hybridized carbons (Fsp3) is 0.600. The first kappa shape index (κ1) is 16.1. The maximum atomic E-state index is 11.6. The van der Waals surface area contributed by atoms with E-state index in [-0.39, 0.29) is 23.7 Å². The maximum absolute atomic E-state index is 11.6. The first-order valence-electron chi connectivity index (χ1n) is 7.23. The van der Waals surface area contributed by atoms with E-state index in [0.717, 1.165) is 12.1 Å². The molecule has 0 amide bonds. The van der Waals surface area contributed by atoms with Gasteiger partial charge in [-0.05, 0) is 26.0 Å². The minimum Gasteiger partial charge on any atom is -0.497 e. The van der Waals surface area contributed by atoms with Gasteiger partial charge in [-0.25, -0.2) is 8.42 Å². The summed E-state index contributed by atoms with van der Waals surface area (Å²) < 4.78 is 34.3. The predicted molar refractivity (Wildman–Crippen MR) is 82.8 cm³/mol. The molecule has 2 rings (SSSR count). The number of ether oxygens (including phenoxy) is 2. The van der Waals surface area contributed by atoms with Crippen LogP contribution < -0.4 is 14.8 Å². The van der Waals surface area contributed by atoms with Crippen molar-refractivity contribution in [3.63, 3.8) is 0 Å². The van der Waals surface area contributed by atoms with Gasteiger partial charge < -0.3 is 14.8 Å². The molecule has 0 aliphatic carbocycles. The molecule has 5 nitrogen and oxygen atoms in total. The van der Waals surface area contributed by atoms with Gasteiger partial charge in [0.1, 0.15) is 17.6 Å². The van der Waals surface area contributed by atoms with E-state index in [0.29, 0.717) is 17.9 Å². The lowest BCUT2D eigenvalue weighted by atomic mass is 10.1. The van der Waals surface area contributed by atoms with E-state index >= 15 is 0 Å². The van der Waals surface area contributed by atoms with E-state index in [4.69, 9.17) is 9.47 Å². The van der Waals surface area contributed by atoms with Crippen LogP contribution in [0.25, 0.3) is 0 Å². The molecule has 1 aromatic rings. The molecule has 0 radical (unpaired) electrons. The molecule has 1 N–H and O–H groups in total. The fourth-order valence-corrected chi connectivity index (χ4v) is 4.14. The Bertz CT molecular complexity index is 585. The SMILES string of the molecule is CCNC(C)c1ccc(OC)cc1OC1CCS(=O)(=O)C1. The molecule has 2 atom stereocenters. The summed E-state index contributed by atoms with van der Waals surface area (Å²) in [5, 5.41) is 3.34. The largest absolute Gasteiger partial charge is 0.497 e. The molecule has 1 heterocycles. The first-order chi connectivity index (χ1) is 9.95. The molecule has 118 valence electrons. The molecule has 1 fully saturated rings. The van der Waals surface area contributed by atoms with E-state index in [2.05, 4.69) is 12.2 Å². The van der Waals surface area contributed by atoms with Crippen molar-refractivity contribution in [2.24, 2.45) is 0 Å². The quantitative estimate of drug-likeness (QED) is 0.869. The van der Waals surface area contributed by atoms with Gasteiger partial charge in [0.25, 0.3) is 0 Å². The molecular formula is C15H23NO4S. The topological polar surface area (TPSA) is 64.6 Å². The van der Waals surface area contributed by atoms with Gasteiger partial charge in [0.15, 0.2) is 9.84 Å². The summed E-state index contributed by atoms with van der Waals surface area (Å²) in [6, 6.07) is 5.81. The second kappa shape index (κ2) is 6.66. The van der Waals surface area contributed by atoms with E-state index in [9.17, 15) is 8.42 Å². The smallest absolute Gasteiger partial charge is 0.154 e. The lowest BCUT2D eigenvalue weighted by molar-refractivity contribution is 0.224. The third kappa shape index (κ3) is 4.11. The second-order valence-corrected chi connectivity index (χ2v) is 7.55. The Morgan fingerprint density at radius 3 is 2.76 bits per heavy atom. The number of methoxy groups -OCH3 is 1. The van der Waals surface area contributed by atoms with Crippen LogP contribution in [-0.4, -0.2) is 39.7 Å². The van der Waals surface area contributed by atoms with Gasteiger partial charge >= 0.3 is 0 Å². The minimum atomic E-state index is -2.95. The van der Waals surface area contributed by atoms with Crippen LogP contribution in [0.5, 0.6) is 11.5 Å². The van der Waals surface area contributed by atoms with Gasteiger partial charge in [0.05, 0.1) is 18.6 Å². The molecule has 0 saturated carbocycles. The van der Waals surface area contributed by atoms with Gasteiger partial charge in [-0.3, -0.25) is 0 Å². The monoisotopic (exact) mass is 313 g/mol. The predicted octanol–water partition coefficient (Wildman–Crippen LogP) is 1.93. The molecule has 1 aromatic carbocycles. The van der Waals surface area contributed by atoms with Crippen LogP contribution in [0, 0.1) is 0 Å². The summed E-state index contributed by atoms with van der Waals surface area (Å²) in [5.41, 5.74) is 1.02. The Hall–Kier alpha value is -1.27. The Morgan fingerprint density at radius 1 is 1.43 bits per heavy atom. The van der Waals surface area contributed by atoms with Crippen molar-refractivity contribution in [3.8, 4) is 11.5 Å². The lowest BCUT2D eigenvalue weighted by Crippen LogP contribution is -2.22. The Morgan fingerprint density at radius 2 is 2.19 bits per heavy atom. The number of hydrogen-bond acceptors (Lipinski definition) is 5. The molecular weight excluding hydrogens is 290 g/mol. The van der Waals surface area contributed by atoms with Crippen LogP contribution in [0.1, 0.15) is 31.9 Å². The number of sulfone groups is 1. The van der Waals surface area contributed by atoms with Gasteiger partial charge in [0, 0.05) is 17.7 Å². The summed E-state index contributed by atoms with van der Waals surface area (Å²) in [5.74, 6) is 1.71. The molecule has 0 bridgehead atoms. The van der Waals surface area contributed by atoms with Crippen LogP contribution in [-0.2, 0) is 9.84 Å². The highest BCUT2D eigenvalue weighted by Crippen LogP contribution is 2.31. The summed E-state index contributed by atoms with van der Waals surface area (Å²) in [4.78, 5) is 0. The number of hydrogen-bond donors (Lipinski definition) is 1. The molecule has 1 aliphatic rings. The second-order valence-electron chi connectivity index (χ2n) is 5.33. The third-order valence-corrected chi connectivity index (χ3v) is 5.42. The van der Waals surface area contributed by atoms with E-state index in [1.54, 1.807) is 7.11 Å². The van der Waals surface area contributed by atoms with Crippen molar-refractivity contribution in [1.29, 1.82) is 0 Å². The highest BCUT2D eigenvalue weighted by molar-refractivity contribution is 7.91. The van der Waals surface area contributed by atoms with Crippen LogP contribution in [0.2, 0.25) is 0 Å². The number of nitrogens with one attached hydrogen (secondary N) is 1. The van der Waals surface area contributed by atoms with Crippen molar-refractivity contribution in [2.45, 2.75) is 32.4 Å². The van der Waals surface area contributed by atoms with Crippen LogP contribution in [0.3, 0.4) is 0 Å². The molecule has 6 heteroatoms. The Labute approximate surface area is 126 Å². The van der Waals surface area contributed by atoms with E-state index in [1.807, 2.05) is 25.1 Å². The summed E-state index contributed by atoms with van der Waals surface area (Å²) >= 11 is 0. The van der Waals surface area contributed by atoms with E-state index < -0.39 is 9.84 Å². The van der Waals surface area contributed by atoms with Crippen LogP contribution in [0.4, 0.5) is 0 Å². The number of rotatable bonds is 6. The third-order valence-electron chi connectivity index (χ3n) is 3.68. The standard InChI is InChI=1S/C15H23NO4S/c1-4-16-11(2)14-6-5-12(19-3)9-15(14)20-13-7-8-21(17,18)10-13/h5-6,9,11,13,16H,4,7-8,10H2,1-3H3. The van der Waals surface area contributed by atoms with Gasteiger partial charge in [-0.15, -0.1) is 0 Å². The molecule has 0 aromatic heterocycles. The Kier molecular flexibility index (Phi) is 5.11. The van der Waals surface area contributed by atoms with Crippen molar-refractivity contribution in [3.05, 3.63) is 23.8 Å². The van der Waals surface area contributed by atoms with Gasteiger partial charge in [-0.1, -0.05) is 13.0 Å². The average molecular weight is 313 g/mol. The normalized spacial score (nSPS) is 22.0. The van der Waals surface area contributed by atoms with Gasteiger partial charge in [-0.2, -0.15) is 0 Å². The zero-order valence-corrected chi connectivity index (χ0v) is 13.6. The van der Waals surface area contributed by atoms with Gasteiger partial charge in [0.2, 0.25) is 0 Å². The zero-order valence-electron chi connectivity index (χ0n) is 12.8. The summed E-state index contributed by atoms with van der Waals surface area (Å²) in [7, 11) is -1.34. The minimum absolute atomic E-state index is 0.0965. The van der Waals surface area contributed by atoms with Crippen molar-refractivity contribution in [2.75, 3.05) is 25.2 Å². The molecule has 0 spiro atoms. The Balaban J connectivity index is 2.22. The van der Waals surface area contributed by atoms with Crippen molar-refractivity contribution < 1.29 is 17.9 Å². The number of benzene rings is 1. The summed E-state index contributed by atoms with van der Waals surface area (Å²) in [6.07, 6.45) is 0.281. The average Bonchev–Trinajstić information content (AvgIpc) is 2.78. The van der Waals surface area contributed by atoms with Crippen LogP contribution >= 0.6 is 0 Å². The lowest BCUT2D eigenvalue weighted by Gasteiger charge is -2.21. The molecule has 1 saturated heterocycles. The zero-order chi connectivity index (χ0) is 15.5. The van der Waals surface area contributed by atoms with E-state index in [1.165, 1.54) is 0 Å². The summed E-state index contributed by atoms with van der Waals surface area (Å²) in [6.45, 7) is 4.96. The molecule has 21 heavy (non-hydrogen) atoms. The highest BCUT2D eigenvalue weighted by atomic mass is 32.2. The van der Waals surface area contributed by atoms with Crippen molar-refractivity contribution in [1.82, 2.24) is 5.32 Å². The van der Waals surface area contributed by atoms with Crippen molar-refractivity contribution >= 4 is 9.84 Å². The first-order valence-corrected chi connectivity index (χ1v) is 9.05. The fourth-order valence-electron chi connectivity index (χ4n) is 2.55. The molecule has 1 aliphatic heterocycles. The maximum Gasteiger partial charge on any atom is 0.154 e. The van der Waals surface area contributed by atoms with Crippen LogP contribution in [0.15, 0.2) is 18.2 Å². The molecule has 2 unspecified atom stereocenters. The highest BCUT2D eigenvalue weighted by Gasteiger charge is 2.30.